The van der Waals surface area contributed by atoms with Crippen LogP contribution in [0.5, 0.6) is 0 Å². The standard InChI is InChI=1S/C13H14FNO/c1-8(16)6-12-9(2)15(3)13-7-10(14)4-5-11(12)13/h4-5,7H,6H2,1-3H3. The number of hydrogen-bond acceptors (Lipinski definition) is 1. The highest BCUT2D eigenvalue weighted by Gasteiger charge is 2.13. The first-order valence-corrected chi connectivity index (χ1v) is 5.23. The van der Waals surface area contributed by atoms with Crippen molar-refractivity contribution in [3.05, 3.63) is 35.3 Å². The molecule has 84 valence electrons. The van der Waals surface area contributed by atoms with Crippen molar-refractivity contribution in [3.63, 3.8) is 0 Å². The number of carbonyl (C=O) groups is 1. The maximum Gasteiger partial charge on any atom is 0.134 e. The van der Waals surface area contributed by atoms with Crippen LogP contribution in [-0.2, 0) is 18.3 Å². The van der Waals surface area contributed by atoms with Crippen molar-refractivity contribution in [2.45, 2.75) is 20.3 Å². The minimum absolute atomic E-state index is 0.125. The SMILES string of the molecule is CC(=O)Cc1c(C)n(C)c2cc(F)ccc12. The molecule has 2 nitrogen and oxygen atoms in total. The highest BCUT2D eigenvalue weighted by Crippen LogP contribution is 2.26. The molecule has 0 spiro atoms. The van der Waals surface area contributed by atoms with Crippen molar-refractivity contribution in [3.8, 4) is 0 Å². The molecule has 3 heteroatoms. The van der Waals surface area contributed by atoms with Gasteiger partial charge in [0.1, 0.15) is 11.6 Å². The summed E-state index contributed by atoms with van der Waals surface area (Å²) in [4.78, 5) is 11.2. The van der Waals surface area contributed by atoms with E-state index >= 15 is 0 Å². The van der Waals surface area contributed by atoms with Crippen LogP contribution in [0.15, 0.2) is 18.2 Å². The molecule has 0 N–H and O–H groups in total. The fourth-order valence-electron chi connectivity index (χ4n) is 2.09. The highest BCUT2D eigenvalue weighted by molar-refractivity contribution is 5.90. The lowest BCUT2D eigenvalue weighted by Crippen LogP contribution is -1.98. The molecule has 0 unspecified atom stereocenters. The van der Waals surface area contributed by atoms with E-state index in [2.05, 4.69) is 0 Å². The van der Waals surface area contributed by atoms with Crippen LogP contribution in [0.1, 0.15) is 18.2 Å². The molecule has 2 rings (SSSR count). The van der Waals surface area contributed by atoms with Gasteiger partial charge in [0.15, 0.2) is 0 Å². The summed E-state index contributed by atoms with van der Waals surface area (Å²) in [5, 5.41) is 0.969. The first-order chi connectivity index (χ1) is 7.50. The summed E-state index contributed by atoms with van der Waals surface area (Å²) in [5.41, 5.74) is 2.87. The number of fused-ring (bicyclic) bond motifs is 1. The van der Waals surface area contributed by atoms with E-state index in [9.17, 15) is 9.18 Å². The molecule has 0 bridgehead atoms. The van der Waals surface area contributed by atoms with Crippen LogP contribution in [0.2, 0.25) is 0 Å². The first-order valence-electron chi connectivity index (χ1n) is 5.23. The summed E-state index contributed by atoms with van der Waals surface area (Å²) in [5.74, 6) is -0.123. The van der Waals surface area contributed by atoms with Crippen LogP contribution in [0.4, 0.5) is 4.39 Å². The van der Waals surface area contributed by atoms with Gasteiger partial charge in [-0.1, -0.05) is 0 Å². The number of Topliss-reactive ketones (excluding diaryl/α,β-unsaturated/α-hetero) is 1. The molecule has 0 amide bonds. The number of halogens is 1. The molecule has 1 aromatic heterocycles. The lowest BCUT2D eigenvalue weighted by molar-refractivity contribution is -0.116. The van der Waals surface area contributed by atoms with Crippen LogP contribution in [-0.4, -0.2) is 10.4 Å². The molecule has 1 aromatic carbocycles. The number of hydrogen-bond donors (Lipinski definition) is 0. The van der Waals surface area contributed by atoms with Crippen molar-refractivity contribution < 1.29 is 9.18 Å². The molecule has 0 radical (unpaired) electrons. The summed E-state index contributed by atoms with van der Waals surface area (Å²) in [6.45, 7) is 3.53. The summed E-state index contributed by atoms with van der Waals surface area (Å²) in [7, 11) is 1.89. The average molecular weight is 219 g/mol. The predicted octanol–water partition coefficient (Wildman–Crippen LogP) is 2.76. The van der Waals surface area contributed by atoms with Gasteiger partial charge < -0.3 is 4.57 Å². The van der Waals surface area contributed by atoms with Crippen molar-refractivity contribution in [2.75, 3.05) is 0 Å². The first kappa shape index (κ1) is 10.9. The molecule has 0 fully saturated rings. The fourth-order valence-corrected chi connectivity index (χ4v) is 2.09. The topological polar surface area (TPSA) is 22.0 Å². The molecule has 0 atom stereocenters. The Labute approximate surface area is 93.7 Å². The lowest BCUT2D eigenvalue weighted by atomic mass is 10.1. The summed E-state index contributed by atoms with van der Waals surface area (Å²) >= 11 is 0. The van der Waals surface area contributed by atoms with Crippen molar-refractivity contribution in [1.29, 1.82) is 0 Å². The maximum atomic E-state index is 13.1. The lowest BCUT2D eigenvalue weighted by Gasteiger charge is -1.99. The second-order valence-corrected chi connectivity index (χ2v) is 4.16. The van der Waals surface area contributed by atoms with E-state index in [1.165, 1.54) is 12.1 Å². The molecule has 16 heavy (non-hydrogen) atoms. The number of aryl methyl sites for hydroxylation is 1. The Hall–Kier alpha value is -1.64. The number of carbonyl (C=O) groups excluding carboxylic acids is 1. The summed E-state index contributed by atoms with van der Waals surface area (Å²) < 4.78 is 15.1. The average Bonchev–Trinajstić information content (AvgIpc) is 2.43. The molecule has 1 heterocycles. The van der Waals surface area contributed by atoms with Gasteiger partial charge in [-0.3, -0.25) is 4.79 Å². The van der Waals surface area contributed by atoms with Gasteiger partial charge in [-0.05, 0) is 37.6 Å². The normalized spacial score (nSPS) is 11.0. The van der Waals surface area contributed by atoms with Crippen molar-refractivity contribution in [1.82, 2.24) is 4.57 Å². The van der Waals surface area contributed by atoms with Crippen LogP contribution in [0, 0.1) is 12.7 Å². The van der Waals surface area contributed by atoms with Crippen LogP contribution >= 0.6 is 0 Å². The Bertz CT molecular complexity index is 569. The number of ketones is 1. The van der Waals surface area contributed by atoms with E-state index in [0.29, 0.717) is 6.42 Å². The minimum Gasteiger partial charge on any atom is -0.348 e. The van der Waals surface area contributed by atoms with E-state index in [-0.39, 0.29) is 11.6 Å². The third-order valence-corrected chi connectivity index (χ3v) is 3.01. The Morgan fingerprint density at radius 3 is 2.75 bits per heavy atom. The molecule has 0 aliphatic carbocycles. The molecule has 0 saturated heterocycles. The van der Waals surface area contributed by atoms with Gasteiger partial charge in [0.25, 0.3) is 0 Å². The van der Waals surface area contributed by atoms with Crippen LogP contribution < -0.4 is 0 Å². The third kappa shape index (κ3) is 1.62. The maximum absolute atomic E-state index is 13.1. The fraction of sp³-hybridized carbons (Fsp3) is 0.308. The Morgan fingerprint density at radius 2 is 2.12 bits per heavy atom. The number of aromatic nitrogens is 1. The zero-order valence-corrected chi connectivity index (χ0v) is 9.67. The Morgan fingerprint density at radius 1 is 1.44 bits per heavy atom. The van der Waals surface area contributed by atoms with Gasteiger partial charge in [0.05, 0.1) is 5.52 Å². The third-order valence-electron chi connectivity index (χ3n) is 3.01. The number of nitrogens with zero attached hydrogens (tertiary/aromatic N) is 1. The second-order valence-electron chi connectivity index (χ2n) is 4.16. The highest BCUT2D eigenvalue weighted by atomic mass is 19.1. The number of benzene rings is 1. The van der Waals surface area contributed by atoms with E-state index in [1.54, 1.807) is 13.0 Å². The Kier molecular flexibility index (Phi) is 2.54. The van der Waals surface area contributed by atoms with Gasteiger partial charge >= 0.3 is 0 Å². The van der Waals surface area contributed by atoms with Gasteiger partial charge in [0.2, 0.25) is 0 Å². The number of rotatable bonds is 2. The van der Waals surface area contributed by atoms with Crippen LogP contribution in [0.25, 0.3) is 10.9 Å². The second kappa shape index (κ2) is 3.74. The van der Waals surface area contributed by atoms with Crippen LogP contribution in [0.3, 0.4) is 0 Å². The summed E-state index contributed by atoms with van der Waals surface area (Å²) in [6, 6.07) is 4.69. The minimum atomic E-state index is -0.248. The summed E-state index contributed by atoms with van der Waals surface area (Å²) in [6.07, 6.45) is 0.412. The molecular weight excluding hydrogens is 205 g/mol. The molecule has 0 aliphatic heterocycles. The largest absolute Gasteiger partial charge is 0.348 e. The molecular formula is C13H14FNO. The van der Waals surface area contributed by atoms with Gasteiger partial charge in [-0.2, -0.15) is 0 Å². The van der Waals surface area contributed by atoms with Crippen molar-refractivity contribution in [2.24, 2.45) is 7.05 Å². The van der Waals surface area contributed by atoms with E-state index in [0.717, 1.165) is 22.2 Å². The van der Waals surface area contributed by atoms with Gasteiger partial charge in [-0.15, -0.1) is 0 Å². The van der Waals surface area contributed by atoms with E-state index in [1.807, 2.05) is 18.5 Å². The molecule has 0 aliphatic rings. The quantitative estimate of drug-likeness (QED) is 0.761. The van der Waals surface area contributed by atoms with Gasteiger partial charge in [-0.25, -0.2) is 4.39 Å². The zero-order chi connectivity index (χ0) is 11.9. The van der Waals surface area contributed by atoms with Crippen molar-refractivity contribution >= 4 is 16.7 Å². The zero-order valence-electron chi connectivity index (χ0n) is 9.67. The smallest absolute Gasteiger partial charge is 0.134 e. The monoisotopic (exact) mass is 219 g/mol. The van der Waals surface area contributed by atoms with Gasteiger partial charge in [0, 0.05) is 24.5 Å². The molecule has 2 aromatic rings. The van der Waals surface area contributed by atoms with E-state index in [4.69, 9.17) is 0 Å². The predicted molar refractivity (Wildman–Crippen MR) is 62.0 cm³/mol. The Balaban J connectivity index is 2.73. The molecule has 0 saturated carbocycles. The van der Waals surface area contributed by atoms with E-state index < -0.39 is 0 Å².